The second kappa shape index (κ2) is 3.95. The highest BCUT2D eigenvalue weighted by Crippen LogP contribution is 2.55. The van der Waals surface area contributed by atoms with Gasteiger partial charge in [0.2, 0.25) is 6.41 Å². The molecule has 19 heavy (non-hydrogen) atoms. The highest BCUT2D eigenvalue weighted by atomic mass is 19.4. The fraction of sp³-hybridized carbons (Fsp3) is 0.538. The van der Waals surface area contributed by atoms with E-state index in [0.29, 0.717) is 0 Å². The summed E-state index contributed by atoms with van der Waals surface area (Å²) < 4.78 is 37.2. The largest absolute Gasteiger partial charge is 0.433 e. The van der Waals surface area contributed by atoms with Gasteiger partial charge in [-0.1, -0.05) is 6.07 Å². The quantitative estimate of drug-likeness (QED) is 0.773. The zero-order valence-electron chi connectivity index (χ0n) is 10.2. The molecule has 6 heteroatoms. The number of aromatic nitrogens is 1. The van der Waals surface area contributed by atoms with Gasteiger partial charge in [0.15, 0.2) is 0 Å². The molecule has 1 aromatic rings. The van der Waals surface area contributed by atoms with Crippen molar-refractivity contribution in [3.05, 3.63) is 29.6 Å². The number of hydrogen-bond donors (Lipinski definition) is 0. The highest BCUT2D eigenvalue weighted by molar-refractivity contribution is 5.50. The van der Waals surface area contributed by atoms with Crippen LogP contribution >= 0.6 is 0 Å². The van der Waals surface area contributed by atoms with Gasteiger partial charge < -0.3 is 4.90 Å². The number of amides is 1. The van der Waals surface area contributed by atoms with E-state index in [-0.39, 0.29) is 11.3 Å². The maximum Gasteiger partial charge on any atom is 0.433 e. The minimum Gasteiger partial charge on any atom is -0.344 e. The topological polar surface area (TPSA) is 33.2 Å². The molecular weight excluding hydrogens is 257 g/mol. The van der Waals surface area contributed by atoms with E-state index in [1.165, 1.54) is 12.3 Å². The lowest BCUT2D eigenvalue weighted by molar-refractivity contribution is -0.141. The van der Waals surface area contributed by atoms with Gasteiger partial charge in [-0.25, -0.2) is 0 Å². The van der Waals surface area contributed by atoms with Crippen molar-refractivity contribution in [3.8, 4) is 0 Å². The van der Waals surface area contributed by atoms with E-state index < -0.39 is 11.9 Å². The Labute approximate surface area is 108 Å². The molecule has 2 aliphatic rings. The zero-order valence-corrected chi connectivity index (χ0v) is 10.2. The lowest BCUT2D eigenvalue weighted by atomic mass is 9.56. The van der Waals surface area contributed by atoms with Crippen LogP contribution in [0.5, 0.6) is 0 Å². The number of hydrogen-bond acceptors (Lipinski definition) is 2. The van der Waals surface area contributed by atoms with Gasteiger partial charge in [0.05, 0.1) is 0 Å². The molecule has 1 spiro atoms. The third-order valence-electron chi connectivity index (χ3n) is 4.13. The summed E-state index contributed by atoms with van der Waals surface area (Å²) in [5, 5.41) is 0. The molecule has 0 bridgehead atoms. The summed E-state index contributed by atoms with van der Waals surface area (Å²) in [7, 11) is 0. The van der Waals surface area contributed by atoms with Gasteiger partial charge in [-0.3, -0.25) is 9.78 Å². The molecule has 1 saturated carbocycles. The lowest BCUT2D eigenvalue weighted by Crippen LogP contribution is -2.60. The molecule has 1 aliphatic heterocycles. The van der Waals surface area contributed by atoms with Crippen molar-refractivity contribution in [2.75, 3.05) is 13.1 Å². The van der Waals surface area contributed by atoms with Gasteiger partial charge in [0.25, 0.3) is 0 Å². The Morgan fingerprint density at radius 1 is 1.32 bits per heavy atom. The number of nitrogens with zero attached hydrogens (tertiary/aromatic N) is 2. The second-order valence-corrected chi connectivity index (χ2v) is 5.59. The summed E-state index contributed by atoms with van der Waals surface area (Å²) in [4.78, 5) is 15.7. The van der Waals surface area contributed by atoms with Crippen molar-refractivity contribution in [2.24, 2.45) is 5.41 Å². The monoisotopic (exact) mass is 270 g/mol. The molecule has 3 nitrogen and oxygen atoms in total. The number of carbonyl (C=O) groups is 1. The molecule has 0 aromatic carbocycles. The van der Waals surface area contributed by atoms with Gasteiger partial charge in [0, 0.05) is 24.7 Å². The molecule has 102 valence electrons. The van der Waals surface area contributed by atoms with Crippen LogP contribution in [0.1, 0.15) is 30.0 Å². The van der Waals surface area contributed by atoms with Crippen LogP contribution in [0.4, 0.5) is 13.2 Å². The molecule has 2 heterocycles. The van der Waals surface area contributed by atoms with Crippen molar-refractivity contribution in [2.45, 2.75) is 24.9 Å². The summed E-state index contributed by atoms with van der Waals surface area (Å²) >= 11 is 0. The number of pyridine rings is 1. The van der Waals surface area contributed by atoms with Crippen LogP contribution in [-0.4, -0.2) is 29.4 Å². The molecule has 2 fully saturated rings. The van der Waals surface area contributed by atoms with Crippen LogP contribution in [0.15, 0.2) is 18.3 Å². The van der Waals surface area contributed by atoms with Crippen molar-refractivity contribution < 1.29 is 18.0 Å². The first kappa shape index (κ1) is 12.4. The molecule has 0 unspecified atom stereocenters. The standard InChI is InChI=1S/C13H13F3N2O/c14-13(15,16)11-2-1-9(5-17-11)10-3-12(4-10)6-18(7-12)8-19/h1-2,5,8,10H,3-4,6-7H2. The minimum absolute atomic E-state index is 0.217. The average Bonchev–Trinajstić information content (AvgIpc) is 2.25. The van der Waals surface area contributed by atoms with E-state index >= 15 is 0 Å². The molecule has 1 saturated heterocycles. The van der Waals surface area contributed by atoms with E-state index in [0.717, 1.165) is 44.0 Å². The van der Waals surface area contributed by atoms with Crippen LogP contribution in [0, 0.1) is 5.41 Å². The van der Waals surface area contributed by atoms with Crippen molar-refractivity contribution in [1.82, 2.24) is 9.88 Å². The maximum atomic E-state index is 12.4. The molecular formula is C13H13F3N2O. The number of rotatable bonds is 2. The van der Waals surface area contributed by atoms with E-state index in [1.54, 1.807) is 4.90 Å². The van der Waals surface area contributed by atoms with E-state index in [9.17, 15) is 18.0 Å². The SMILES string of the molecule is O=CN1CC2(CC(c3ccc(C(F)(F)F)nc3)C2)C1. The predicted octanol–water partition coefficient (Wildman–Crippen LogP) is 2.44. The fourth-order valence-corrected chi connectivity index (χ4v) is 3.18. The molecule has 0 N–H and O–H groups in total. The van der Waals surface area contributed by atoms with Gasteiger partial charge in [-0.2, -0.15) is 13.2 Å². The highest BCUT2D eigenvalue weighted by Gasteiger charge is 2.52. The van der Waals surface area contributed by atoms with Crippen molar-refractivity contribution in [3.63, 3.8) is 0 Å². The summed E-state index contributed by atoms with van der Waals surface area (Å²) in [6.45, 7) is 1.56. The van der Waals surface area contributed by atoms with E-state index in [4.69, 9.17) is 0 Å². The Hall–Kier alpha value is -1.59. The summed E-state index contributed by atoms with van der Waals surface area (Å²) in [6.07, 6.45) is -0.332. The smallest absolute Gasteiger partial charge is 0.344 e. The number of carbonyl (C=O) groups excluding carboxylic acids is 1. The number of likely N-dealkylation sites (tertiary alicyclic amines) is 1. The first-order valence-corrected chi connectivity index (χ1v) is 6.14. The summed E-state index contributed by atoms with van der Waals surface area (Å²) in [5.74, 6) is 0.281. The Balaban J connectivity index is 1.62. The third-order valence-corrected chi connectivity index (χ3v) is 4.13. The van der Waals surface area contributed by atoms with Crippen LogP contribution < -0.4 is 0 Å². The predicted molar refractivity (Wildman–Crippen MR) is 61.3 cm³/mol. The van der Waals surface area contributed by atoms with Crippen LogP contribution in [-0.2, 0) is 11.0 Å². The zero-order chi connectivity index (χ0) is 13.7. The first-order chi connectivity index (χ1) is 8.92. The van der Waals surface area contributed by atoms with Crippen LogP contribution in [0.2, 0.25) is 0 Å². The van der Waals surface area contributed by atoms with Gasteiger partial charge in [-0.05, 0) is 30.4 Å². The lowest BCUT2D eigenvalue weighted by Gasteiger charge is -2.58. The second-order valence-electron chi connectivity index (χ2n) is 5.59. The number of halogens is 3. The maximum absolute atomic E-state index is 12.4. The molecule has 0 radical (unpaired) electrons. The molecule has 1 aromatic heterocycles. The van der Waals surface area contributed by atoms with Crippen molar-refractivity contribution in [1.29, 1.82) is 0 Å². The van der Waals surface area contributed by atoms with Gasteiger partial charge in [0.1, 0.15) is 5.69 Å². The molecule has 3 rings (SSSR count). The number of alkyl halides is 3. The summed E-state index contributed by atoms with van der Waals surface area (Å²) in [5.41, 5.74) is 0.234. The van der Waals surface area contributed by atoms with Crippen molar-refractivity contribution >= 4 is 6.41 Å². The molecule has 0 atom stereocenters. The Morgan fingerprint density at radius 3 is 2.47 bits per heavy atom. The molecule has 1 aliphatic carbocycles. The minimum atomic E-state index is -4.38. The fourth-order valence-electron chi connectivity index (χ4n) is 3.18. The first-order valence-electron chi connectivity index (χ1n) is 6.14. The Kier molecular flexibility index (Phi) is 2.59. The van der Waals surface area contributed by atoms with E-state index in [1.807, 2.05) is 0 Å². The Bertz CT molecular complexity index is 484. The Morgan fingerprint density at radius 2 is 2.00 bits per heavy atom. The summed E-state index contributed by atoms with van der Waals surface area (Å²) in [6, 6.07) is 2.56. The van der Waals surface area contributed by atoms with Crippen LogP contribution in [0.3, 0.4) is 0 Å². The van der Waals surface area contributed by atoms with Gasteiger partial charge in [-0.15, -0.1) is 0 Å². The van der Waals surface area contributed by atoms with Crippen LogP contribution in [0.25, 0.3) is 0 Å². The van der Waals surface area contributed by atoms with Gasteiger partial charge >= 0.3 is 6.18 Å². The normalized spacial score (nSPS) is 21.9. The van der Waals surface area contributed by atoms with E-state index in [2.05, 4.69) is 4.98 Å². The third kappa shape index (κ3) is 2.09. The average molecular weight is 270 g/mol. The molecule has 1 amide bonds.